The van der Waals surface area contributed by atoms with Gasteiger partial charge in [0.05, 0.1) is 25.4 Å². The molecule has 10 heteroatoms. The number of unbranched alkanes of at least 4 members (excludes halogenated alkanes) is 21. The highest BCUT2D eigenvalue weighted by molar-refractivity contribution is 5.76. The largest absolute Gasteiger partial charge is 0.394 e. The van der Waals surface area contributed by atoms with Crippen LogP contribution in [0.25, 0.3) is 0 Å². The summed E-state index contributed by atoms with van der Waals surface area (Å²) in [5.74, 6) is -0.259. The monoisotopic (exact) mass is 690 g/mol. The Morgan fingerprint density at radius 1 is 0.646 bits per heavy atom. The average Bonchev–Trinajstić information content (AvgIpc) is 3.08. The van der Waals surface area contributed by atoms with Gasteiger partial charge in [0.25, 0.3) is 0 Å². The molecule has 1 saturated heterocycles. The highest BCUT2D eigenvalue weighted by Gasteiger charge is 2.44. The summed E-state index contributed by atoms with van der Waals surface area (Å²) in [6.07, 6.45) is 18.3. The van der Waals surface area contributed by atoms with E-state index < -0.39 is 55.6 Å². The Labute approximate surface area is 292 Å². The van der Waals surface area contributed by atoms with Gasteiger partial charge in [-0.2, -0.15) is 0 Å². The van der Waals surface area contributed by atoms with E-state index in [1.165, 1.54) is 96.3 Å². The molecule has 0 saturated carbocycles. The van der Waals surface area contributed by atoms with Crippen LogP contribution in [0.5, 0.6) is 0 Å². The Morgan fingerprint density at radius 2 is 1.08 bits per heavy atom. The van der Waals surface area contributed by atoms with Crippen LogP contribution in [0.3, 0.4) is 0 Å². The molecule has 10 nitrogen and oxygen atoms in total. The van der Waals surface area contributed by atoms with Crippen LogP contribution in [0.2, 0.25) is 0 Å². The Kier molecular flexibility index (Phi) is 28.1. The van der Waals surface area contributed by atoms with Crippen LogP contribution in [0.15, 0.2) is 0 Å². The molecular formula is C38H75NO9. The zero-order valence-electron chi connectivity index (χ0n) is 30.6. The summed E-state index contributed by atoms with van der Waals surface area (Å²) in [5.41, 5.74) is 0. The second kappa shape index (κ2) is 29.8. The first-order chi connectivity index (χ1) is 23.3. The maximum absolute atomic E-state index is 12.9. The van der Waals surface area contributed by atoms with E-state index in [0.717, 1.165) is 51.4 Å². The third-order valence-corrected chi connectivity index (χ3v) is 9.80. The lowest BCUT2D eigenvalue weighted by Crippen LogP contribution is -2.60. The van der Waals surface area contributed by atoms with Gasteiger partial charge in [-0.05, 0) is 12.8 Å². The summed E-state index contributed by atoms with van der Waals surface area (Å²) in [4.78, 5) is 12.9. The topological polar surface area (TPSA) is 169 Å². The van der Waals surface area contributed by atoms with Gasteiger partial charge < -0.3 is 45.4 Å². The predicted octanol–water partition coefficient (Wildman–Crippen LogP) is 5.80. The molecule has 1 amide bonds. The summed E-state index contributed by atoms with van der Waals surface area (Å²) in [7, 11) is 0. The van der Waals surface area contributed by atoms with Crippen LogP contribution < -0.4 is 5.32 Å². The first-order valence-corrected chi connectivity index (χ1v) is 19.8. The van der Waals surface area contributed by atoms with Crippen molar-refractivity contribution in [1.82, 2.24) is 5.32 Å². The van der Waals surface area contributed by atoms with Gasteiger partial charge >= 0.3 is 0 Å². The quantitative estimate of drug-likeness (QED) is 0.0432. The zero-order chi connectivity index (χ0) is 35.4. The van der Waals surface area contributed by atoms with Crippen molar-refractivity contribution >= 4 is 5.91 Å². The molecule has 1 aliphatic rings. The highest BCUT2D eigenvalue weighted by Crippen LogP contribution is 2.23. The number of nitrogens with one attached hydrogen (secondary N) is 1. The molecule has 0 aromatic rings. The van der Waals surface area contributed by atoms with Gasteiger partial charge in [-0.25, -0.2) is 0 Å². The van der Waals surface area contributed by atoms with Crippen molar-refractivity contribution in [2.75, 3.05) is 13.2 Å². The highest BCUT2D eigenvalue weighted by atomic mass is 16.7. The number of carbonyl (C=O) groups is 1. The number of rotatable bonds is 32. The maximum Gasteiger partial charge on any atom is 0.220 e. The molecule has 7 N–H and O–H groups in total. The first kappa shape index (κ1) is 45.2. The minimum Gasteiger partial charge on any atom is -0.394 e. The third-order valence-electron chi connectivity index (χ3n) is 9.80. The van der Waals surface area contributed by atoms with Crippen molar-refractivity contribution < 1.29 is 44.9 Å². The standard InChI is InChI=1S/C38H75NO9/c1-3-5-7-9-11-13-15-17-19-21-23-25-27-33(42)39-30(29-47-38-37(46)36(45)35(44)32(28-40)48-38)34(43)31(41)26-24-22-20-18-16-14-12-10-8-6-4-2/h30-32,34-38,40-41,43-46H,3-29H2,1-2H3,(H,39,42)/t30-,31+,32+,34-,35+,36?,37?,38+/m0/s1. The smallest absolute Gasteiger partial charge is 0.220 e. The number of ether oxygens (including phenoxy) is 2. The van der Waals surface area contributed by atoms with Crippen LogP contribution in [0, 0.1) is 0 Å². The van der Waals surface area contributed by atoms with Crippen molar-refractivity contribution in [3.63, 3.8) is 0 Å². The van der Waals surface area contributed by atoms with Gasteiger partial charge in [-0.15, -0.1) is 0 Å². The van der Waals surface area contributed by atoms with Gasteiger partial charge in [0.15, 0.2) is 6.29 Å². The summed E-state index contributed by atoms with van der Waals surface area (Å²) in [6, 6.07) is -0.982. The number of hydrogen-bond acceptors (Lipinski definition) is 9. The Morgan fingerprint density at radius 3 is 1.54 bits per heavy atom. The second-order valence-corrected chi connectivity index (χ2v) is 14.2. The maximum atomic E-state index is 12.9. The van der Waals surface area contributed by atoms with Crippen LogP contribution in [-0.2, 0) is 14.3 Å². The van der Waals surface area contributed by atoms with Gasteiger partial charge in [0.2, 0.25) is 5.91 Å². The molecular weight excluding hydrogens is 614 g/mol. The Bertz CT molecular complexity index is 743. The molecule has 1 heterocycles. The number of amides is 1. The van der Waals surface area contributed by atoms with Gasteiger partial charge in [-0.3, -0.25) is 4.79 Å². The molecule has 1 aliphatic heterocycles. The van der Waals surface area contributed by atoms with Crippen LogP contribution in [0.4, 0.5) is 0 Å². The van der Waals surface area contributed by atoms with Gasteiger partial charge in [0, 0.05) is 6.42 Å². The van der Waals surface area contributed by atoms with Crippen LogP contribution in [0.1, 0.15) is 174 Å². The fourth-order valence-corrected chi connectivity index (χ4v) is 6.49. The van der Waals surface area contributed by atoms with E-state index in [1.54, 1.807) is 0 Å². The van der Waals surface area contributed by atoms with Gasteiger partial charge in [0.1, 0.15) is 30.5 Å². The molecule has 2 unspecified atom stereocenters. The third kappa shape index (κ3) is 20.7. The minimum absolute atomic E-state index is 0.259. The molecule has 0 aromatic heterocycles. The molecule has 286 valence electrons. The SMILES string of the molecule is CCCCCCCCCCCCCCC(=O)N[C@@H](CO[C@@H]1O[C@H](CO)[C@@H](O)C(O)C1O)[C@H](O)[C@H](O)CCCCCCCCCCCCC. The Hall–Kier alpha value is -0.850. The molecule has 0 bridgehead atoms. The van der Waals surface area contributed by atoms with E-state index in [0.29, 0.717) is 6.42 Å². The molecule has 0 aliphatic carbocycles. The molecule has 0 radical (unpaired) electrons. The summed E-state index contributed by atoms with van der Waals surface area (Å²) in [5, 5.41) is 64.8. The molecule has 8 atom stereocenters. The molecule has 0 aromatic carbocycles. The van der Waals surface area contributed by atoms with E-state index in [-0.39, 0.29) is 18.9 Å². The second-order valence-electron chi connectivity index (χ2n) is 14.2. The van der Waals surface area contributed by atoms with Crippen molar-refractivity contribution in [2.45, 2.75) is 223 Å². The predicted molar refractivity (Wildman–Crippen MR) is 190 cm³/mol. The minimum atomic E-state index is -1.60. The van der Waals surface area contributed by atoms with Crippen molar-refractivity contribution in [2.24, 2.45) is 0 Å². The Balaban J connectivity index is 2.49. The lowest BCUT2D eigenvalue weighted by Gasteiger charge is -2.40. The number of carbonyl (C=O) groups excluding carboxylic acids is 1. The normalized spacial score (nSPS) is 23.2. The van der Waals surface area contributed by atoms with E-state index >= 15 is 0 Å². The molecule has 48 heavy (non-hydrogen) atoms. The number of hydrogen-bond donors (Lipinski definition) is 7. The summed E-state index contributed by atoms with van der Waals surface area (Å²) >= 11 is 0. The molecule has 1 fully saturated rings. The number of aliphatic hydroxyl groups excluding tert-OH is 6. The van der Waals surface area contributed by atoms with E-state index in [1.807, 2.05) is 0 Å². The summed E-state index contributed by atoms with van der Waals surface area (Å²) in [6.45, 7) is 3.57. The van der Waals surface area contributed by atoms with Crippen molar-refractivity contribution in [3.05, 3.63) is 0 Å². The first-order valence-electron chi connectivity index (χ1n) is 19.8. The van der Waals surface area contributed by atoms with Crippen LogP contribution >= 0.6 is 0 Å². The van der Waals surface area contributed by atoms with Gasteiger partial charge in [-0.1, -0.05) is 155 Å². The van der Waals surface area contributed by atoms with Crippen molar-refractivity contribution in [1.29, 1.82) is 0 Å². The molecule has 1 rings (SSSR count). The van der Waals surface area contributed by atoms with E-state index in [4.69, 9.17) is 9.47 Å². The van der Waals surface area contributed by atoms with E-state index in [2.05, 4.69) is 19.2 Å². The number of aliphatic hydroxyl groups is 6. The lowest BCUT2D eigenvalue weighted by atomic mass is 9.98. The van der Waals surface area contributed by atoms with Crippen molar-refractivity contribution in [3.8, 4) is 0 Å². The zero-order valence-corrected chi connectivity index (χ0v) is 30.6. The fraction of sp³-hybridized carbons (Fsp3) is 0.974. The lowest BCUT2D eigenvalue weighted by molar-refractivity contribution is -0.303. The van der Waals surface area contributed by atoms with E-state index in [9.17, 15) is 35.4 Å². The fourth-order valence-electron chi connectivity index (χ4n) is 6.49. The average molecular weight is 690 g/mol. The molecule has 0 spiro atoms. The van der Waals surface area contributed by atoms with Crippen LogP contribution in [-0.4, -0.2) is 98.7 Å². The summed E-state index contributed by atoms with van der Waals surface area (Å²) < 4.78 is 11.1.